The van der Waals surface area contributed by atoms with Gasteiger partial charge in [0.15, 0.2) is 0 Å². The minimum Gasteiger partial charge on any atom is -0.456 e. The van der Waals surface area contributed by atoms with Crippen LogP contribution in [0.25, 0.3) is 50.0 Å². The summed E-state index contributed by atoms with van der Waals surface area (Å²) in [6, 6.07) is 36.6. The van der Waals surface area contributed by atoms with Crippen molar-refractivity contribution in [2.75, 3.05) is 0 Å². The second-order valence-electron chi connectivity index (χ2n) is 17.2. The van der Waals surface area contributed by atoms with Crippen molar-refractivity contribution in [3.05, 3.63) is 145 Å². The third-order valence-corrected chi connectivity index (χ3v) is 10.2. The molecule has 0 unspecified atom stereocenters. The zero-order valence-corrected chi connectivity index (χ0v) is 32.2. The summed E-state index contributed by atoms with van der Waals surface area (Å²) in [5, 5.41) is 2.32. The lowest BCUT2D eigenvalue weighted by Crippen LogP contribution is -2.30. The van der Waals surface area contributed by atoms with Crippen LogP contribution in [0.15, 0.2) is 122 Å². The van der Waals surface area contributed by atoms with E-state index in [4.69, 9.17) is 9.72 Å². The van der Waals surface area contributed by atoms with Crippen LogP contribution in [0.3, 0.4) is 0 Å². The van der Waals surface area contributed by atoms with E-state index < -0.39 is 0 Å². The normalized spacial score (nSPS) is 12.6. The Kier molecular flexibility index (Phi) is 8.06. The van der Waals surface area contributed by atoms with E-state index in [2.05, 4.69) is 178 Å². The predicted octanol–water partition coefficient (Wildman–Crippen LogP) is 11.3. The highest BCUT2D eigenvalue weighted by Crippen LogP contribution is 2.36. The molecule has 8 rings (SSSR count). The SMILES string of the molecule is CC(C)(C)c1cccc(-[n+]2[c-]n(-c3cncc(Oc4ccc5c6ccccc6n(-c6cc(C(C)(C)C)ccn6)c5c4)c3)c3cc(C(C)(C)C)ccc32)c1. The summed E-state index contributed by atoms with van der Waals surface area (Å²) in [6.45, 7) is 20.2. The van der Waals surface area contributed by atoms with Crippen molar-refractivity contribution < 1.29 is 9.30 Å². The summed E-state index contributed by atoms with van der Waals surface area (Å²) in [7, 11) is 0. The Balaban J connectivity index is 1.23. The first-order valence-corrected chi connectivity index (χ1v) is 18.4. The van der Waals surface area contributed by atoms with Crippen LogP contribution in [0.4, 0.5) is 0 Å². The molecule has 0 atom stereocenters. The third-order valence-electron chi connectivity index (χ3n) is 10.2. The molecule has 4 aromatic heterocycles. The highest BCUT2D eigenvalue weighted by atomic mass is 16.5. The Labute approximate surface area is 312 Å². The van der Waals surface area contributed by atoms with Crippen molar-refractivity contribution in [3.8, 4) is 28.7 Å². The largest absolute Gasteiger partial charge is 0.456 e. The van der Waals surface area contributed by atoms with Crippen LogP contribution in [-0.2, 0) is 16.2 Å². The highest BCUT2D eigenvalue weighted by molar-refractivity contribution is 6.09. The van der Waals surface area contributed by atoms with Crippen LogP contribution < -0.4 is 9.30 Å². The van der Waals surface area contributed by atoms with Gasteiger partial charge < -0.3 is 4.74 Å². The molecule has 0 aliphatic rings. The monoisotopic (exact) mass is 697 g/mol. The first kappa shape index (κ1) is 34.3. The first-order chi connectivity index (χ1) is 25.1. The predicted molar refractivity (Wildman–Crippen MR) is 216 cm³/mol. The number of hydrogen-bond acceptors (Lipinski definition) is 3. The molecule has 0 aliphatic carbocycles. The molecule has 6 heteroatoms. The molecule has 0 saturated heterocycles. The maximum Gasteiger partial charge on any atom is 0.269 e. The molecule has 0 bridgehead atoms. The van der Waals surface area contributed by atoms with Crippen molar-refractivity contribution in [2.24, 2.45) is 0 Å². The quantitative estimate of drug-likeness (QED) is 0.133. The van der Waals surface area contributed by atoms with E-state index in [1.54, 1.807) is 6.20 Å². The second kappa shape index (κ2) is 12.4. The molecular formula is C47H47N5O. The van der Waals surface area contributed by atoms with Gasteiger partial charge >= 0.3 is 0 Å². The molecule has 0 aliphatic heterocycles. The lowest BCUT2D eigenvalue weighted by Gasteiger charge is -2.20. The molecule has 53 heavy (non-hydrogen) atoms. The smallest absolute Gasteiger partial charge is 0.269 e. The number of aromatic nitrogens is 5. The Hall–Kier alpha value is -5.75. The van der Waals surface area contributed by atoms with Gasteiger partial charge in [0.05, 0.1) is 39.6 Å². The molecule has 0 fully saturated rings. The van der Waals surface area contributed by atoms with E-state index in [1.807, 2.05) is 24.5 Å². The Morgan fingerprint density at radius 3 is 2.08 bits per heavy atom. The fourth-order valence-corrected chi connectivity index (χ4v) is 7.06. The third kappa shape index (κ3) is 6.37. The Morgan fingerprint density at radius 2 is 1.30 bits per heavy atom. The number of para-hydroxylation sites is 1. The van der Waals surface area contributed by atoms with Crippen molar-refractivity contribution in [3.63, 3.8) is 0 Å². The van der Waals surface area contributed by atoms with E-state index in [0.717, 1.165) is 50.4 Å². The average molecular weight is 698 g/mol. The molecule has 0 radical (unpaired) electrons. The Bertz CT molecular complexity index is 2660. The number of pyridine rings is 2. The van der Waals surface area contributed by atoms with Gasteiger partial charge in [0, 0.05) is 29.2 Å². The lowest BCUT2D eigenvalue weighted by molar-refractivity contribution is -0.572. The standard InChI is InChI=1S/C47H47N5O/c1-45(2,3)31-13-12-14-34(23-31)50-30-51(43-24-32(46(4,5)6)17-20-41(43)50)35-26-37(29-48-28-35)53-36-18-19-39-38-15-10-11-16-40(38)52(42(39)27-36)44-25-33(21-22-49-44)47(7,8)9/h10-29H,1-9H3. The van der Waals surface area contributed by atoms with Crippen molar-refractivity contribution in [1.29, 1.82) is 0 Å². The van der Waals surface area contributed by atoms with Crippen LogP contribution in [-0.4, -0.2) is 19.1 Å². The molecule has 266 valence electrons. The summed E-state index contributed by atoms with van der Waals surface area (Å²) in [4.78, 5) is 9.51. The Morgan fingerprint density at radius 1 is 0.585 bits per heavy atom. The summed E-state index contributed by atoms with van der Waals surface area (Å²) in [5.41, 5.74) is 9.93. The van der Waals surface area contributed by atoms with Crippen LogP contribution in [0, 0.1) is 6.33 Å². The van der Waals surface area contributed by atoms with Crippen LogP contribution in [0.5, 0.6) is 11.5 Å². The van der Waals surface area contributed by atoms with Crippen molar-refractivity contribution >= 4 is 32.8 Å². The summed E-state index contributed by atoms with van der Waals surface area (Å²) in [5.74, 6) is 2.24. The molecule has 0 N–H and O–H groups in total. The molecule has 0 spiro atoms. The molecular weight excluding hydrogens is 651 g/mol. The molecule has 4 aromatic carbocycles. The zero-order chi connectivity index (χ0) is 37.3. The maximum atomic E-state index is 6.62. The van der Waals surface area contributed by atoms with Crippen molar-refractivity contribution in [2.45, 2.75) is 78.6 Å². The van der Waals surface area contributed by atoms with Gasteiger partial charge in [-0.25, -0.2) is 4.98 Å². The minimum absolute atomic E-state index is 0.00471. The van der Waals surface area contributed by atoms with Gasteiger partial charge in [-0.05, 0) is 87.5 Å². The summed E-state index contributed by atoms with van der Waals surface area (Å²) >= 11 is 0. The number of nitrogens with zero attached hydrogens (tertiary/aromatic N) is 5. The van der Waals surface area contributed by atoms with Gasteiger partial charge in [0.25, 0.3) is 6.33 Å². The van der Waals surface area contributed by atoms with Crippen LogP contribution in [0.1, 0.15) is 79.0 Å². The topological polar surface area (TPSA) is 48.8 Å². The molecule has 8 aromatic rings. The minimum atomic E-state index is -0.0197. The van der Waals surface area contributed by atoms with Crippen LogP contribution >= 0.6 is 0 Å². The van der Waals surface area contributed by atoms with Gasteiger partial charge in [-0.15, -0.1) is 0 Å². The van der Waals surface area contributed by atoms with Gasteiger partial charge in [0.2, 0.25) is 0 Å². The molecule has 0 saturated carbocycles. The lowest BCUT2D eigenvalue weighted by atomic mass is 9.86. The van der Waals surface area contributed by atoms with Crippen LogP contribution in [0.2, 0.25) is 0 Å². The first-order valence-electron chi connectivity index (χ1n) is 18.4. The summed E-state index contributed by atoms with van der Waals surface area (Å²) < 4.78 is 13.1. The number of ether oxygens (including phenoxy) is 1. The number of fused-ring (bicyclic) bond motifs is 4. The van der Waals surface area contributed by atoms with E-state index in [1.165, 1.54) is 22.1 Å². The molecule has 6 nitrogen and oxygen atoms in total. The van der Waals surface area contributed by atoms with Gasteiger partial charge in [0.1, 0.15) is 17.3 Å². The molecule has 0 amide bonds. The number of hydrogen-bond donors (Lipinski definition) is 0. The van der Waals surface area contributed by atoms with E-state index in [-0.39, 0.29) is 16.2 Å². The summed E-state index contributed by atoms with van der Waals surface area (Å²) in [6.07, 6.45) is 9.23. The van der Waals surface area contributed by atoms with Gasteiger partial charge in [-0.3, -0.25) is 18.7 Å². The fraction of sp³-hybridized carbons (Fsp3) is 0.255. The van der Waals surface area contributed by atoms with Crippen molar-refractivity contribution in [1.82, 2.24) is 19.1 Å². The number of benzene rings is 4. The molecule has 4 heterocycles. The number of imidazole rings is 1. The van der Waals surface area contributed by atoms with Gasteiger partial charge in [-0.2, -0.15) is 0 Å². The second-order valence-corrected chi connectivity index (χ2v) is 17.2. The average Bonchev–Trinajstić information content (AvgIpc) is 3.66. The maximum absolute atomic E-state index is 6.62. The highest BCUT2D eigenvalue weighted by Gasteiger charge is 2.21. The van der Waals surface area contributed by atoms with E-state index >= 15 is 0 Å². The fourth-order valence-electron chi connectivity index (χ4n) is 7.06. The number of rotatable bonds is 5. The van der Waals surface area contributed by atoms with Gasteiger partial charge in [-0.1, -0.05) is 105 Å². The van der Waals surface area contributed by atoms with E-state index in [9.17, 15) is 0 Å². The van der Waals surface area contributed by atoms with E-state index in [0.29, 0.717) is 5.75 Å². The zero-order valence-electron chi connectivity index (χ0n) is 32.2.